The Hall–Kier alpha value is -2.61. The van der Waals surface area contributed by atoms with Crippen molar-refractivity contribution < 1.29 is 4.79 Å². The molecule has 1 N–H and O–H groups in total. The van der Waals surface area contributed by atoms with Crippen LogP contribution in [0.3, 0.4) is 0 Å². The Morgan fingerprint density at radius 1 is 1.20 bits per heavy atom. The molecule has 2 aromatic heterocycles. The standard InChI is InChI=1S/C22H18ClN3O2S2/c1-14-5-2-3-7-19(14)26-21(28)17-9-8-15(23)11-18(17)25-22(26)30-13-20(27)24-12-16-6-4-10-29-16/h2-11H,12-13H2,1H3,(H,24,27). The second kappa shape index (κ2) is 9.04. The van der Waals surface area contributed by atoms with Crippen molar-refractivity contribution in [3.8, 4) is 5.69 Å². The molecule has 8 heteroatoms. The molecule has 0 aliphatic rings. The molecule has 30 heavy (non-hydrogen) atoms. The summed E-state index contributed by atoms with van der Waals surface area (Å²) in [7, 11) is 0. The molecule has 0 radical (unpaired) electrons. The average molecular weight is 456 g/mol. The zero-order valence-corrected chi connectivity index (χ0v) is 18.5. The summed E-state index contributed by atoms with van der Waals surface area (Å²) in [5.74, 6) is 0.0284. The number of rotatable bonds is 6. The van der Waals surface area contributed by atoms with E-state index in [0.29, 0.717) is 27.6 Å². The summed E-state index contributed by atoms with van der Waals surface area (Å²) in [6, 6.07) is 16.6. The van der Waals surface area contributed by atoms with Crippen LogP contribution in [0.1, 0.15) is 10.4 Å². The van der Waals surface area contributed by atoms with Crippen molar-refractivity contribution in [2.45, 2.75) is 18.6 Å². The number of benzene rings is 2. The monoisotopic (exact) mass is 455 g/mol. The third-order valence-corrected chi connectivity index (χ3v) is 6.58. The van der Waals surface area contributed by atoms with Crippen molar-refractivity contribution in [1.82, 2.24) is 14.9 Å². The van der Waals surface area contributed by atoms with Gasteiger partial charge in [-0.3, -0.25) is 14.2 Å². The zero-order chi connectivity index (χ0) is 21.1. The van der Waals surface area contributed by atoms with Gasteiger partial charge in [0.15, 0.2) is 5.16 Å². The molecule has 0 fully saturated rings. The first-order valence-corrected chi connectivity index (χ1v) is 11.5. The Balaban J connectivity index is 1.68. The molecule has 0 spiro atoms. The molecule has 4 aromatic rings. The molecule has 4 rings (SSSR count). The van der Waals surface area contributed by atoms with E-state index in [9.17, 15) is 9.59 Å². The van der Waals surface area contributed by atoms with Gasteiger partial charge in [0.1, 0.15) is 0 Å². The number of aromatic nitrogens is 2. The van der Waals surface area contributed by atoms with Crippen LogP contribution < -0.4 is 10.9 Å². The highest BCUT2D eigenvalue weighted by atomic mass is 35.5. The fourth-order valence-electron chi connectivity index (χ4n) is 3.04. The van der Waals surface area contributed by atoms with Gasteiger partial charge in [-0.1, -0.05) is 47.6 Å². The molecular formula is C22H18ClN3O2S2. The number of carbonyl (C=O) groups excluding carboxylic acids is 1. The van der Waals surface area contributed by atoms with Crippen LogP contribution in [0.2, 0.25) is 5.02 Å². The average Bonchev–Trinajstić information content (AvgIpc) is 3.25. The number of hydrogen-bond donors (Lipinski definition) is 1. The molecule has 5 nitrogen and oxygen atoms in total. The van der Waals surface area contributed by atoms with Gasteiger partial charge in [-0.2, -0.15) is 0 Å². The molecule has 0 atom stereocenters. The van der Waals surface area contributed by atoms with E-state index >= 15 is 0 Å². The third-order valence-electron chi connectivity index (χ3n) is 4.53. The van der Waals surface area contributed by atoms with Gasteiger partial charge in [-0.15, -0.1) is 11.3 Å². The van der Waals surface area contributed by atoms with Crippen LogP contribution >= 0.6 is 34.7 Å². The van der Waals surface area contributed by atoms with Gasteiger partial charge in [0.25, 0.3) is 5.56 Å². The summed E-state index contributed by atoms with van der Waals surface area (Å²) in [6.07, 6.45) is 0. The normalized spacial score (nSPS) is 11.0. The minimum atomic E-state index is -0.188. The summed E-state index contributed by atoms with van der Waals surface area (Å²) < 4.78 is 1.57. The molecular weight excluding hydrogens is 438 g/mol. The van der Waals surface area contributed by atoms with Gasteiger partial charge in [-0.05, 0) is 48.2 Å². The smallest absolute Gasteiger partial charge is 0.266 e. The number of thiophene rings is 1. The minimum Gasteiger partial charge on any atom is -0.350 e. The third kappa shape index (κ3) is 4.43. The maximum Gasteiger partial charge on any atom is 0.266 e. The van der Waals surface area contributed by atoms with Crippen LogP contribution in [0.4, 0.5) is 0 Å². The van der Waals surface area contributed by atoms with Crippen molar-refractivity contribution >= 4 is 51.5 Å². The Morgan fingerprint density at radius 3 is 2.80 bits per heavy atom. The molecule has 0 bridgehead atoms. The highest BCUT2D eigenvalue weighted by Crippen LogP contribution is 2.24. The molecule has 1 amide bonds. The lowest BCUT2D eigenvalue weighted by Gasteiger charge is -2.15. The van der Waals surface area contributed by atoms with Crippen LogP contribution in [0.15, 0.2) is 69.9 Å². The molecule has 0 aliphatic heterocycles. The van der Waals surface area contributed by atoms with E-state index < -0.39 is 0 Å². The number of thioether (sulfide) groups is 1. The lowest BCUT2D eigenvalue weighted by Crippen LogP contribution is -2.26. The largest absolute Gasteiger partial charge is 0.350 e. The second-order valence-corrected chi connectivity index (χ2v) is 9.04. The van der Waals surface area contributed by atoms with Gasteiger partial charge in [0, 0.05) is 9.90 Å². The first-order chi connectivity index (χ1) is 14.5. The van der Waals surface area contributed by atoms with Crippen molar-refractivity contribution in [2.24, 2.45) is 0 Å². The maximum atomic E-state index is 13.3. The van der Waals surface area contributed by atoms with E-state index in [4.69, 9.17) is 11.6 Å². The number of hydrogen-bond acceptors (Lipinski definition) is 5. The highest BCUT2D eigenvalue weighted by molar-refractivity contribution is 7.99. The van der Waals surface area contributed by atoms with Gasteiger partial charge in [0.2, 0.25) is 5.91 Å². The lowest BCUT2D eigenvalue weighted by molar-refractivity contribution is -0.118. The van der Waals surface area contributed by atoms with Crippen LogP contribution in [-0.2, 0) is 11.3 Å². The van der Waals surface area contributed by atoms with Crippen molar-refractivity contribution in [3.05, 3.63) is 85.8 Å². The number of fused-ring (bicyclic) bond motifs is 1. The predicted molar refractivity (Wildman–Crippen MR) is 124 cm³/mol. The van der Waals surface area contributed by atoms with Crippen LogP contribution in [0, 0.1) is 6.92 Å². The summed E-state index contributed by atoms with van der Waals surface area (Å²) in [5, 5.41) is 6.32. The van der Waals surface area contributed by atoms with E-state index in [-0.39, 0.29) is 17.2 Å². The number of para-hydroxylation sites is 1. The molecule has 0 saturated heterocycles. The van der Waals surface area contributed by atoms with Crippen LogP contribution in [-0.4, -0.2) is 21.2 Å². The first-order valence-electron chi connectivity index (χ1n) is 9.23. The summed E-state index contributed by atoms with van der Waals surface area (Å²) in [4.78, 5) is 31.4. The molecule has 0 unspecified atom stereocenters. The number of halogens is 1. The van der Waals surface area contributed by atoms with E-state index in [0.717, 1.165) is 16.1 Å². The second-order valence-electron chi connectivity index (χ2n) is 6.63. The zero-order valence-electron chi connectivity index (χ0n) is 16.1. The van der Waals surface area contributed by atoms with E-state index in [1.807, 2.05) is 48.7 Å². The number of nitrogens with zero attached hydrogens (tertiary/aromatic N) is 2. The topological polar surface area (TPSA) is 64.0 Å². The highest BCUT2D eigenvalue weighted by Gasteiger charge is 2.16. The van der Waals surface area contributed by atoms with Gasteiger partial charge in [-0.25, -0.2) is 4.98 Å². The number of aryl methyl sites for hydroxylation is 1. The predicted octanol–water partition coefficient (Wildman–Crippen LogP) is 4.82. The quantitative estimate of drug-likeness (QED) is 0.334. The first kappa shape index (κ1) is 20.7. The molecule has 2 heterocycles. The van der Waals surface area contributed by atoms with Crippen molar-refractivity contribution in [1.29, 1.82) is 0 Å². The van der Waals surface area contributed by atoms with Gasteiger partial charge in [0.05, 0.1) is 28.9 Å². The van der Waals surface area contributed by atoms with E-state index in [1.165, 1.54) is 11.8 Å². The van der Waals surface area contributed by atoms with Crippen molar-refractivity contribution in [2.75, 3.05) is 5.75 Å². The molecule has 2 aromatic carbocycles. The number of carbonyl (C=O) groups is 1. The van der Waals surface area contributed by atoms with Gasteiger partial charge < -0.3 is 5.32 Å². The van der Waals surface area contributed by atoms with Gasteiger partial charge >= 0.3 is 0 Å². The Morgan fingerprint density at radius 2 is 2.03 bits per heavy atom. The minimum absolute atomic E-state index is 0.120. The fraction of sp³-hybridized carbons (Fsp3) is 0.136. The molecule has 152 valence electrons. The molecule has 0 aliphatic carbocycles. The number of nitrogens with one attached hydrogen (secondary N) is 1. The SMILES string of the molecule is Cc1ccccc1-n1c(SCC(=O)NCc2cccs2)nc2cc(Cl)ccc2c1=O. The van der Waals surface area contributed by atoms with E-state index in [2.05, 4.69) is 10.3 Å². The summed E-state index contributed by atoms with van der Waals surface area (Å²) in [6.45, 7) is 2.43. The number of amides is 1. The van der Waals surface area contributed by atoms with Crippen LogP contribution in [0.5, 0.6) is 0 Å². The van der Waals surface area contributed by atoms with Crippen molar-refractivity contribution in [3.63, 3.8) is 0 Å². The lowest BCUT2D eigenvalue weighted by atomic mass is 10.2. The maximum absolute atomic E-state index is 13.3. The fourth-order valence-corrected chi connectivity index (χ4v) is 4.69. The Kier molecular flexibility index (Phi) is 6.22. The molecule has 0 saturated carbocycles. The Labute approximate surface area is 186 Å². The van der Waals surface area contributed by atoms with E-state index in [1.54, 1.807) is 34.1 Å². The van der Waals surface area contributed by atoms with Crippen LogP contribution in [0.25, 0.3) is 16.6 Å². The summed E-state index contributed by atoms with van der Waals surface area (Å²) in [5.41, 5.74) is 2.01. The summed E-state index contributed by atoms with van der Waals surface area (Å²) >= 11 is 8.93. The Bertz CT molecular complexity index is 1270.